The number of rotatable bonds is 7. The summed E-state index contributed by atoms with van der Waals surface area (Å²) in [6.07, 6.45) is 0. The van der Waals surface area contributed by atoms with Crippen LogP contribution in [-0.2, 0) is 0 Å². The molecule has 0 N–H and O–H groups in total. The first-order valence-corrected chi connectivity index (χ1v) is 22.4. The Kier molecular flexibility index (Phi) is 8.62. The van der Waals surface area contributed by atoms with Gasteiger partial charge in [-0.2, -0.15) is 0 Å². The Labute approximate surface area is 362 Å². The maximum absolute atomic E-state index is 2.55. The largest absolute Gasteiger partial charge is 0.309 e. The number of para-hydroxylation sites is 3. The molecule has 0 radical (unpaired) electrons. The summed E-state index contributed by atoms with van der Waals surface area (Å²) >= 11 is 3.74. The summed E-state index contributed by atoms with van der Waals surface area (Å²) in [5.41, 5.74) is 13.0. The molecule has 0 saturated heterocycles. The van der Waals surface area contributed by atoms with E-state index in [9.17, 15) is 0 Å². The summed E-state index contributed by atoms with van der Waals surface area (Å²) in [7, 11) is 0. The zero-order chi connectivity index (χ0) is 40.3. The number of hydrogen-bond acceptors (Lipinski definition) is 3. The molecular formula is C58H37NS2. The summed E-state index contributed by atoms with van der Waals surface area (Å²) < 4.78 is 5.19. The van der Waals surface area contributed by atoms with Crippen molar-refractivity contribution in [1.29, 1.82) is 0 Å². The van der Waals surface area contributed by atoms with Crippen LogP contribution in [0.4, 0.5) is 17.1 Å². The second kappa shape index (κ2) is 14.8. The fourth-order valence-electron chi connectivity index (χ4n) is 9.50. The fourth-order valence-corrected chi connectivity index (χ4v) is 11.8. The molecule has 0 bridgehead atoms. The quantitative estimate of drug-likeness (QED) is 0.155. The van der Waals surface area contributed by atoms with E-state index in [1.807, 2.05) is 22.7 Å². The third-order valence-corrected chi connectivity index (χ3v) is 14.4. The highest BCUT2D eigenvalue weighted by molar-refractivity contribution is 7.26. The first-order valence-electron chi connectivity index (χ1n) is 20.8. The highest BCUT2D eigenvalue weighted by atomic mass is 32.1. The molecule has 2 aromatic heterocycles. The van der Waals surface area contributed by atoms with Crippen molar-refractivity contribution in [2.24, 2.45) is 0 Å². The van der Waals surface area contributed by atoms with Gasteiger partial charge in [-0.15, -0.1) is 22.7 Å². The summed E-state index contributed by atoms with van der Waals surface area (Å²) in [6, 6.07) is 82.6. The normalized spacial score (nSPS) is 11.6. The molecule has 0 aliphatic carbocycles. The maximum Gasteiger partial charge on any atom is 0.0540 e. The Morgan fingerprint density at radius 3 is 1.11 bits per heavy atom. The van der Waals surface area contributed by atoms with Crippen molar-refractivity contribution in [2.45, 2.75) is 0 Å². The van der Waals surface area contributed by atoms with E-state index in [4.69, 9.17) is 0 Å². The van der Waals surface area contributed by atoms with Crippen molar-refractivity contribution in [3.8, 4) is 44.5 Å². The van der Waals surface area contributed by atoms with Crippen LogP contribution in [0.15, 0.2) is 224 Å². The van der Waals surface area contributed by atoms with Gasteiger partial charge >= 0.3 is 0 Å². The van der Waals surface area contributed by atoms with E-state index in [0.29, 0.717) is 0 Å². The van der Waals surface area contributed by atoms with E-state index in [1.54, 1.807) is 0 Å². The minimum Gasteiger partial charge on any atom is -0.309 e. The third-order valence-electron chi connectivity index (χ3n) is 12.1. The fraction of sp³-hybridized carbons (Fsp3) is 0. The van der Waals surface area contributed by atoms with Gasteiger partial charge in [-0.1, -0.05) is 182 Å². The number of fused-ring (bicyclic) bond motifs is 7. The lowest BCUT2D eigenvalue weighted by Crippen LogP contribution is -2.13. The Morgan fingerprint density at radius 2 is 0.607 bits per heavy atom. The van der Waals surface area contributed by atoms with Crippen LogP contribution in [0, 0.1) is 0 Å². The number of nitrogens with zero attached hydrogens (tertiary/aromatic N) is 1. The van der Waals surface area contributed by atoms with Gasteiger partial charge in [-0.25, -0.2) is 0 Å². The van der Waals surface area contributed by atoms with Crippen LogP contribution in [0.5, 0.6) is 0 Å². The molecule has 0 atom stereocenters. The van der Waals surface area contributed by atoms with E-state index in [2.05, 4.69) is 229 Å². The van der Waals surface area contributed by atoms with Crippen molar-refractivity contribution < 1.29 is 0 Å². The van der Waals surface area contributed by atoms with Gasteiger partial charge in [0.05, 0.1) is 17.1 Å². The van der Waals surface area contributed by atoms with Gasteiger partial charge in [0.15, 0.2) is 0 Å². The minimum atomic E-state index is 1.11. The molecule has 12 aromatic rings. The van der Waals surface area contributed by atoms with Crippen LogP contribution in [0.3, 0.4) is 0 Å². The average molecular weight is 812 g/mol. The van der Waals surface area contributed by atoms with E-state index in [1.165, 1.54) is 95.6 Å². The van der Waals surface area contributed by atoms with E-state index in [0.717, 1.165) is 17.1 Å². The molecule has 0 fully saturated rings. The van der Waals surface area contributed by atoms with Crippen molar-refractivity contribution >= 4 is 90.9 Å². The van der Waals surface area contributed by atoms with Crippen LogP contribution in [0.1, 0.15) is 0 Å². The van der Waals surface area contributed by atoms with Gasteiger partial charge in [0.2, 0.25) is 0 Å². The van der Waals surface area contributed by atoms with Gasteiger partial charge in [0, 0.05) is 57.0 Å². The van der Waals surface area contributed by atoms with Crippen molar-refractivity contribution in [3.63, 3.8) is 0 Å². The van der Waals surface area contributed by atoms with Crippen LogP contribution < -0.4 is 4.90 Å². The molecule has 10 aromatic carbocycles. The Hall–Kier alpha value is -7.30. The zero-order valence-corrected chi connectivity index (χ0v) is 34.8. The second-order valence-electron chi connectivity index (χ2n) is 15.5. The minimum absolute atomic E-state index is 1.11. The molecule has 0 spiro atoms. The van der Waals surface area contributed by atoms with Crippen molar-refractivity contribution in [1.82, 2.24) is 0 Å². The van der Waals surface area contributed by atoms with Crippen molar-refractivity contribution in [2.75, 3.05) is 4.90 Å². The molecule has 0 aliphatic heterocycles. The predicted molar refractivity (Wildman–Crippen MR) is 266 cm³/mol. The van der Waals surface area contributed by atoms with Crippen LogP contribution in [0.2, 0.25) is 0 Å². The highest BCUT2D eigenvalue weighted by Crippen LogP contribution is 2.52. The zero-order valence-electron chi connectivity index (χ0n) is 33.1. The SMILES string of the molecule is c1ccc(-c2cccc3cccc(-c4ccccc4N(c4ccccc4-c4cccc5sc6ccccc6c45)c4ccccc4-c4cccc5sc6ccccc6c45)c23)cc1. The Morgan fingerprint density at radius 1 is 0.246 bits per heavy atom. The standard InChI is InChI=1S/C58H37NS2/c1-2-18-38(19-3-1)40-27-14-20-39-21-15-28-44(56(39)40)41-22-4-9-31-49(41)59(50-32-10-5-23-42(50)45-29-16-36-54-57(45)47-25-7-12-34-52(47)60-54)51-33-11-6-24-43(51)46-30-17-37-55-58(46)48-26-8-13-35-53(48)61-55/h1-37H. The number of thiophene rings is 2. The lowest BCUT2D eigenvalue weighted by molar-refractivity contribution is 1.29. The second-order valence-corrected chi connectivity index (χ2v) is 17.7. The van der Waals surface area contributed by atoms with Gasteiger partial charge in [0.25, 0.3) is 0 Å². The van der Waals surface area contributed by atoms with Gasteiger partial charge in [-0.05, 0) is 81.1 Å². The summed E-state index contributed by atoms with van der Waals surface area (Å²) in [5.74, 6) is 0. The number of hydrogen-bond donors (Lipinski definition) is 0. The first kappa shape index (κ1) is 35.6. The van der Waals surface area contributed by atoms with Crippen LogP contribution in [0.25, 0.3) is 95.6 Å². The van der Waals surface area contributed by atoms with E-state index in [-0.39, 0.29) is 0 Å². The molecule has 0 unspecified atom stereocenters. The molecule has 286 valence electrons. The van der Waals surface area contributed by atoms with Gasteiger partial charge in [0.1, 0.15) is 0 Å². The smallest absolute Gasteiger partial charge is 0.0540 e. The monoisotopic (exact) mass is 811 g/mol. The Bertz CT molecular complexity index is 3450. The van der Waals surface area contributed by atoms with Gasteiger partial charge < -0.3 is 4.90 Å². The highest BCUT2D eigenvalue weighted by Gasteiger charge is 2.26. The van der Waals surface area contributed by atoms with Crippen LogP contribution >= 0.6 is 22.7 Å². The van der Waals surface area contributed by atoms with Crippen molar-refractivity contribution in [3.05, 3.63) is 224 Å². The van der Waals surface area contributed by atoms with Gasteiger partial charge in [-0.3, -0.25) is 0 Å². The van der Waals surface area contributed by atoms with Crippen LogP contribution in [-0.4, -0.2) is 0 Å². The summed E-state index contributed by atoms with van der Waals surface area (Å²) in [6.45, 7) is 0. The predicted octanol–water partition coefficient (Wildman–Crippen LogP) is 17.7. The molecule has 3 heteroatoms. The molecule has 61 heavy (non-hydrogen) atoms. The summed E-state index contributed by atoms with van der Waals surface area (Å²) in [5, 5.41) is 7.64. The molecule has 1 nitrogen and oxygen atoms in total. The third kappa shape index (κ3) is 5.89. The molecule has 0 amide bonds. The lowest BCUT2D eigenvalue weighted by Gasteiger charge is -2.32. The molecular weight excluding hydrogens is 775 g/mol. The topological polar surface area (TPSA) is 3.24 Å². The first-order chi connectivity index (χ1) is 30.3. The van der Waals surface area contributed by atoms with E-state index < -0.39 is 0 Å². The van der Waals surface area contributed by atoms with E-state index >= 15 is 0 Å². The average Bonchev–Trinajstić information content (AvgIpc) is 3.91. The Balaban J connectivity index is 1.18. The molecule has 0 saturated carbocycles. The number of benzene rings is 10. The molecule has 12 rings (SSSR count). The molecule has 0 aliphatic rings. The maximum atomic E-state index is 2.55. The number of anilines is 3. The lowest BCUT2D eigenvalue weighted by atomic mass is 9.90. The summed E-state index contributed by atoms with van der Waals surface area (Å²) in [4.78, 5) is 2.55. The molecule has 2 heterocycles.